The molecule has 8 heteroatoms. The van der Waals surface area contributed by atoms with E-state index >= 15 is 0 Å². The second kappa shape index (κ2) is 9.20. The van der Waals surface area contributed by atoms with Gasteiger partial charge in [0.25, 0.3) is 5.91 Å². The van der Waals surface area contributed by atoms with Crippen molar-refractivity contribution >= 4 is 27.5 Å². The van der Waals surface area contributed by atoms with Crippen molar-refractivity contribution in [3.63, 3.8) is 0 Å². The number of carbonyl (C=O) groups is 2. The molecule has 2 N–H and O–H groups in total. The Kier molecular flexibility index (Phi) is 6.81. The molecule has 0 aromatic heterocycles. The number of carbonyl (C=O) groups excluding carboxylic acids is 2. The number of nitrogens with zero attached hydrogens (tertiary/aromatic N) is 1. The number of anilines is 1. The van der Waals surface area contributed by atoms with Crippen LogP contribution in [0.1, 0.15) is 55.6 Å². The molecule has 2 aromatic rings. The molecule has 1 atom stereocenters. The number of sulfonamides is 1. The van der Waals surface area contributed by atoms with E-state index in [2.05, 4.69) is 10.6 Å². The summed E-state index contributed by atoms with van der Waals surface area (Å²) < 4.78 is 26.7. The molecule has 1 unspecified atom stereocenters. The lowest BCUT2D eigenvalue weighted by Gasteiger charge is -2.21. The molecule has 7 nitrogen and oxygen atoms in total. The van der Waals surface area contributed by atoms with Crippen LogP contribution in [-0.2, 0) is 14.8 Å². The molecule has 0 bridgehead atoms. The number of hydrogen-bond donors (Lipinski definition) is 2. The van der Waals surface area contributed by atoms with Crippen molar-refractivity contribution in [1.29, 1.82) is 0 Å². The van der Waals surface area contributed by atoms with Crippen molar-refractivity contribution < 1.29 is 18.0 Å². The highest BCUT2D eigenvalue weighted by Crippen LogP contribution is 2.30. The first-order valence-corrected chi connectivity index (χ1v) is 11.8. The minimum absolute atomic E-state index is 0.0482. The van der Waals surface area contributed by atoms with Gasteiger partial charge in [-0.3, -0.25) is 9.59 Å². The van der Waals surface area contributed by atoms with Gasteiger partial charge in [-0.2, -0.15) is 4.31 Å². The Morgan fingerprint density at radius 2 is 1.68 bits per heavy atom. The molecule has 2 aromatic carbocycles. The lowest BCUT2D eigenvalue weighted by atomic mass is 10.1. The fraction of sp³-hybridized carbons (Fsp3) is 0.391. The molecule has 0 spiro atoms. The molecule has 1 aliphatic carbocycles. The predicted octanol–water partition coefficient (Wildman–Crippen LogP) is 3.56. The van der Waals surface area contributed by atoms with Crippen LogP contribution in [0.3, 0.4) is 0 Å². The summed E-state index contributed by atoms with van der Waals surface area (Å²) >= 11 is 0. The Morgan fingerprint density at radius 3 is 2.26 bits per heavy atom. The number of rotatable bonds is 8. The quantitative estimate of drug-likeness (QED) is 0.652. The van der Waals surface area contributed by atoms with Gasteiger partial charge in [-0.15, -0.1) is 0 Å². The maximum absolute atomic E-state index is 12.7. The molecule has 1 fully saturated rings. The zero-order valence-electron chi connectivity index (χ0n) is 18.3. The molecule has 3 rings (SSSR count). The Bertz CT molecular complexity index is 1060. The van der Waals surface area contributed by atoms with Gasteiger partial charge in [0.1, 0.15) is 0 Å². The maximum Gasteiger partial charge on any atom is 0.251 e. The summed E-state index contributed by atoms with van der Waals surface area (Å²) in [4.78, 5) is 24.7. The SMILES string of the molecule is CC(NC(=O)c1cccc(S(=O)(=O)N(C)C(C)C)c1)c1ccc(NC(=O)C2CC2)cc1. The van der Waals surface area contributed by atoms with E-state index in [0.717, 1.165) is 24.1 Å². The monoisotopic (exact) mass is 443 g/mol. The van der Waals surface area contributed by atoms with Crippen molar-refractivity contribution in [3.05, 3.63) is 59.7 Å². The largest absolute Gasteiger partial charge is 0.346 e. The van der Waals surface area contributed by atoms with E-state index in [-0.39, 0.29) is 40.3 Å². The zero-order chi connectivity index (χ0) is 22.8. The summed E-state index contributed by atoms with van der Waals surface area (Å²) in [6.45, 7) is 5.43. The molecule has 0 saturated heterocycles. The van der Waals surface area contributed by atoms with E-state index in [0.29, 0.717) is 0 Å². The Balaban J connectivity index is 1.67. The highest BCUT2D eigenvalue weighted by Gasteiger charge is 2.29. The van der Waals surface area contributed by atoms with Gasteiger partial charge in [0, 0.05) is 30.3 Å². The number of hydrogen-bond acceptors (Lipinski definition) is 4. The van der Waals surface area contributed by atoms with Gasteiger partial charge >= 0.3 is 0 Å². The van der Waals surface area contributed by atoms with Gasteiger partial charge in [0.2, 0.25) is 15.9 Å². The molecular weight excluding hydrogens is 414 g/mol. The molecule has 166 valence electrons. The third-order valence-corrected chi connectivity index (χ3v) is 7.50. The van der Waals surface area contributed by atoms with Gasteiger partial charge < -0.3 is 10.6 Å². The molecule has 0 heterocycles. The second-order valence-corrected chi connectivity index (χ2v) is 10.2. The van der Waals surface area contributed by atoms with Crippen LogP contribution in [-0.4, -0.2) is 37.6 Å². The average Bonchev–Trinajstić information content (AvgIpc) is 3.59. The minimum Gasteiger partial charge on any atom is -0.346 e. The first-order chi connectivity index (χ1) is 14.6. The fourth-order valence-corrected chi connectivity index (χ4v) is 4.46. The van der Waals surface area contributed by atoms with Crippen molar-refractivity contribution in [1.82, 2.24) is 9.62 Å². The topological polar surface area (TPSA) is 95.6 Å². The minimum atomic E-state index is -3.67. The van der Waals surface area contributed by atoms with Crippen molar-refractivity contribution in [3.8, 4) is 0 Å². The normalized spacial score (nSPS) is 15.0. The third kappa shape index (κ3) is 5.51. The lowest BCUT2D eigenvalue weighted by Crippen LogP contribution is -2.33. The summed E-state index contributed by atoms with van der Waals surface area (Å²) in [5.74, 6) is -0.173. The number of benzene rings is 2. The van der Waals surface area contributed by atoms with Gasteiger partial charge in [-0.05, 0) is 69.5 Å². The van der Waals surface area contributed by atoms with Crippen LogP contribution >= 0.6 is 0 Å². The average molecular weight is 444 g/mol. The molecule has 1 saturated carbocycles. The van der Waals surface area contributed by atoms with Crippen molar-refractivity contribution in [2.45, 2.75) is 50.6 Å². The Hall–Kier alpha value is -2.71. The van der Waals surface area contributed by atoms with Crippen LogP contribution in [0.2, 0.25) is 0 Å². The van der Waals surface area contributed by atoms with E-state index in [1.54, 1.807) is 26.0 Å². The van der Waals surface area contributed by atoms with E-state index in [1.807, 2.05) is 31.2 Å². The lowest BCUT2D eigenvalue weighted by molar-refractivity contribution is -0.117. The number of amides is 2. The van der Waals surface area contributed by atoms with E-state index in [4.69, 9.17) is 0 Å². The summed E-state index contributed by atoms with van der Waals surface area (Å²) in [6, 6.07) is 12.9. The predicted molar refractivity (Wildman–Crippen MR) is 120 cm³/mol. The Morgan fingerprint density at radius 1 is 1.03 bits per heavy atom. The molecule has 0 aliphatic heterocycles. The van der Waals surface area contributed by atoms with E-state index < -0.39 is 10.0 Å². The van der Waals surface area contributed by atoms with Crippen molar-refractivity contribution in [2.75, 3.05) is 12.4 Å². The standard InChI is InChI=1S/C23H29N3O4S/c1-15(2)26(4)31(29,30)21-7-5-6-19(14-21)23(28)24-16(3)17-10-12-20(13-11-17)25-22(27)18-8-9-18/h5-7,10-16,18H,8-9H2,1-4H3,(H,24,28)(H,25,27). The van der Waals surface area contributed by atoms with Crippen LogP contribution in [0, 0.1) is 5.92 Å². The van der Waals surface area contributed by atoms with Gasteiger partial charge in [0.05, 0.1) is 10.9 Å². The van der Waals surface area contributed by atoms with E-state index in [9.17, 15) is 18.0 Å². The summed E-state index contributed by atoms with van der Waals surface area (Å²) in [5.41, 5.74) is 1.88. The highest BCUT2D eigenvalue weighted by atomic mass is 32.2. The maximum atomic E-state index is 12.7. The van der Waals surface area contributed by atoms with E-state index in [1.165, 1.54) is 23.5 Å². The molecule has 31 heavy (non-hydrogen) atoms. The smallest absolute Gasteiger partial charge is 0.251 e. The number of nitrogens with one attached hydrogen (secondary N) is 2. The molecular formula is C23H29N3O4S. The summed E-state index contributed by atoms with van der Waals surface area (Å²) in [5, 5.41) is 5.78. The first-order valence-electron chi connectivity index (χ1n) is 10.4. The summed E-state index contributed by atoms with van der Waals surface area (Å²) in [7, 11) is -2.15. The Labute approximate surface area is 183 Å². The van der Waals surface area contributed by atoms with Crippen LogP contribution in [0.25, 0.3) is 0 Å². The molecule has 2 amide bonds. The second-order valence-electron chi connectivity index (χ2n) is 8.22. The zero-order valence-corrected chi connectivity index (χ0v) is 19.1. The fourth-order valence-electron chi connectivity index (χ4n) is 3.05. The van der Waals surface area contributed by atoms with Crippen LogP contribution in [0.5, 0.6) is 0 Å². The van der Waals surface area contributed by atoms with Crippen LogP contribution in [0.4, 0.5) is 5.69 Å². The molecule has 1 aliphatic rings. The van der Waals surface area contributed by atoms with Gasteiger partial charge in [-0.25, -0.2) is 8.42 Å². The first kappa shape index (κ1) is 23.0. The van der Waals surface area contributed by atoms with Crippen LogP contribution in [0.15, 0.2) is 53.4 Å². The van der Waals surface area contributed by atoms with Crippen molar-refractivity contribution in [2.24, 2.45) is 5.92 Å². The summed E-state index contributed by atoms with van der Waals surface area (Å²) in [6.07, 6.45) is 1.90. The molecule has 0 radical (unpaired) electrons. The highest BCUT2D eigenvalue weighted by molar-refractivity contribution is 7.89. The van der Waals surface area contributed by atoms with Crippen LogP contribution < -0.4 is 10.6 Å². The third-order valence-electron chi connectivity index (χ3n) is 5.47. The van der Waals surface area contributed by atoms with Gasteiger partial charge in [0.15, 0.2) is 0 Å². The van der Waals surface area contributed by atoms with Gasteiger partial charge in [-0.1, -0.05) is 18.2 Å².